The summed E-state index contributed by atoms with van der Waals surface area (Å²) in [5.74, 6) is 0.832. The maximum Gasteiger partial charge on any atom is 0.289 e. The van der Waals surface area contributed by atoms with E-state index in [1.165, 1.54) is 0 Å². The first-order valence-electron chi connectivity index (χ1n) is 10.9. The van der Waals surface area contributed by atoms with E-state index in [1.54, 1.807) is 17.1 Å². The molecule has 9 nitrogen and oxygen atoms in total. The lowest BCUT2D eigenvalue weighted by Gasteiger charge is -2.39. The van der Waals surface area contributed by atoms with Gasteiger partial charge in [-0.1, -0.05) is 11.3 Å². The van der Waals surface area contributed by atoms with Crippen LogP contribution in [-0.2, 0) is 11.8 Å². The molecule has 0 atom stereocenters. The number of aryl methyl sites for hydroxylation is 1. The van der Waals surface area contributed by atoms with Crippen molar-refractivity contribution >= 4 is 39.1 Å². The summed E-state index contributed by atoms with van der Waals surface area (Å²) in [5.41, 5.74) is 1.12. The number of fused-ring (bicyclic) bond motifs is 1. The first-order valence-corrected chi connectivity index (χ1v) is 11.7. The number of hydrogen-bond acceptors (Lipinski definition) is 9. The average molecular weight is 465 g/mol. The fourth-order valence-electron chi connectivity index (χ4n) is 4.42. The number of thiazole rings is 1. The van der Waals surface area contributed by atoms with Crippen LogP contribution in [0, 0.1) is 0 Å². The molecular weight excluding hydrogens is 438 g/mol. The normalized spacial score (nSPS) is 22.5. The van der Waals surface area contributed by atoms with Crippen LogP contribution in [0.15, 0.2) is 12.4 Å². The average Bonchev–Trinajstić information content (AvgIpc) is 3.41. The van der Waals surface area contributed by atoms with Crippen LogP contribution in [0.1, 0.15) is 37.1 Å². The fourth-order valence-corrected chi connectivity index (χ4v) is 5.22. The van der Waals surface area contributed by atoms with Crippen LogP contribution in [0.25, 0.3) is 10.3 Å². The lowest BCUT2D eigenvalue weighted by atomic mass is 9.90. The highest BCUT2D eigenvalue weighted by molar-refractivity contribution is 7.18. The van der Waals surface area contributed by atoms with E-state index >= 15 is 0 Å². The number of nitrogens with zero attached hydrogens (tertiary/aromatic N) is 6. The zero-order chi connectivity index (χ0) is 22.1. The van der Waals surface area contributed by atoms with Gasteiger partial charge in [0.1, 0.15) is 5.52 Å². The van der Waals surface area contributed by atoms with Crippen molar-refractivity contribution in [3.05, 3.63) is 17.4 Å². The molecule has 1 saturated heterocycles. The molecule has 1 aliphatic heterocycles. The Morgan fingerprint density at radius 1 is 1.12 bits per heavy atom. The molecule has 2 fully saturated rings. The Morgan fingerprint density at radius 2 is 1.91 bits per heavy atom. The summed E-state index contributed by atoms with van der Waals surface area (Å²) in [6, 6.07) is 0.795. The topological polar surface area (TPSA) is 93.0 Å². The highest BCUT2D eigenvalue weighted by Gasteiger charge is 2.28. The van der Waals surface area contributed by atoms with Crippen molar-refractivity contribution in [1.29, 1.82) is 0 Å². The third kappa shape index (κ3) is 4.66. The third-order valence-corrected chi connectivity index (χ3v) is 6.98. The second kappa shape index (κ2) is 9.20. The van der Waals surface area contributed by atoms with Gasteiger partial charge in [-0.3, -0.25) is 9.58 Å². The largest absolute Gasteiger partial charge is 0.379 e. The first-order chi connectivity index (χ1) is 15.5. The molecule has 0 radical (unpaired) electrons. The van der Waals surface area contributed by atoms with Crippen molar-refractivity contribution in [1.82, 2.24) is 29.6 Å². The zero-order valence-corrected chi connectivity index (χ0v) is 18.6. The maximum absolute atomic E-state index is 13.3. The predicted molar refractivity (Wildman–Crippen MR) is 119 cm³/mol. The van der Waals surface area contributed by atoms with Gasteiger partial charge in [0.05, 0.1) is 25.1 Å². The predicted octanol–water partition coefficient (Wildman–Crippen LogP) is 3.56. The minimum Gasteiger partial charge on any atom is -0.379 e. The lowest BCUT2D eigenvalue weighted by Crippen LogP contribution is -2.46. The molecule has 0 spiro atoms. The van der Waals surface area contributed by atoms with Crippen LogP contribution in [0.2, 0.25) is 0 Å². The molecule has 0 unspecified atom stereocenters. The van der Waals surface area contributed by atoms with E-state index in [0.29, 0.717) is 28.2 Å². The van der Waals surface area contributed by atoms with Gasteiger partial charge in [-0.05, 0) is 25.7 Å². The standard InChI is InChI=1S/C20H26F2N8OS/c1-29-11-13(10-23-29)25-20-27-17(15-18(28-20)32-19(26-15)16(21)22)24-12-2-4-14(5-3-12)30-6-8-31-9-7-30/h10-12,14,16H,2-9H2,1H3,(H2,24,25,27,28)/t12-,14-. The smallest absolute Gasteiger partial charge is 0.289 e. The second-order valence-corrected chi connectivity index (χ2v) is 9.24. The summed E-state index contributed by atoms with van der Waals surface area (Å²) in [5, 5.41) is 10.5. The molecule has 0 aromatic carbocycles. The summed E-state index contributed by atoms with van der Waals surface area (Å²) in [7, 11) is 1.81. The molecule has 1 saturated carbocycles. The summed E-state index contributed by atoms with van der Waals surface area (Å²) in [4.78, 5) is 16.1. The van der Waals surface area contributed by atoms with E-state index in [4.69, 9.17) is 4.74 Å². The number of rotatable bonds is 6. The Morgan fingerprint density at radius 3 is 2.59 bits per heavy atom. The molecule has 3 aromatic rings. The van der Waals surface area contributed by atoms with Gasteiger partial charge in [0.25, 0.3) is 6.43 Å². The third-order valence-electron chi connectivity index (χ3n) is 6.02. The lowest BCUT2D eigenvalue weighted by molar-refractivity contribution is 0.00791. The van der Waals surface area contributed by atoms with Crippen LogP contribution in [0.5, 0.6) is 0 Å². The Bertz CT molecular complexity index is 1060. The summed E-state index contributed by atoms with van der Waals surface area (Å²) >= 11 is 0.899. The van der Waals surface area contributed by atoms with E-state index in [1.807, 2.05) is 7.05 Å². The monoisotopic (exact) mass is 464 g/mol. The van der Waals surface area contributed by atoms with Gasteiger partial charge < -0.3 is 15.4 Å². The summed E-state index contributed by atoms with van der Waals surface area (Å²) < 4.78 is 33.7. The van der Waals surface area contributed by atoms with Crippen molar-refractivity contribution in [3.8, 4) is 0 Å². The first kappa shape index (κ1) is 21.4. The second-order valence-electron chi connectivity index (χ2n) is 8.23. The molecule has 2 aliphatic rings. The fraction of sp³-hybridized carbons (Fsp3) is 0.600. The number of nitrogens with one attached hydrogen (secondary N) is 2. The van der Waals surface area contributed by atoms with Crippen LogP contribution < -0.4 is 10.6 Å². The van der Waals surface area contributed by atoms with E-state index in [2.05, 4.69) is 35.6 Å². The molecule has 4 heterocycles. The molecule has 0 bridgehead atoms. The molecule has 32 heavy (non-hydrogen) atoms. The molecule has 172 valence electrons. The van der Waals surface area contributed by atoms with E-state index in [9.17, 15) is 8.78 Å². The van der Waals surface area contributed by atoms with E-state index in [-0.39, 0.29) is 11.0 Å². The summed E-state index contributed by atoms with van der Waals surface area (Å²) in [6.45, 7) is 3.60. The molecule has 2 N–H and O–H groups in total. The van der Waals surface area contributed by atoms with Crippen molar-refractivity contribution in [2.45, 2.75) is 44.2 Å². The number of alkyl halides is 2. The van der Waals surface area contributed by atoms with Crippen molar-refractivity contribution < 1.29 is 13.5 Å². The van der Waals surface area contributed by atoms with Crippen LogP contribution >= 0.6 is 11.3 Å². The Balaban J connectivity index is 1.34. The van der Waals surface area contributed by atoms with Gasteiger partial charge in [-0.25, -0.2) is 13.8 Å². The molecule has 3 aromatic heterocycles. The summed E-state index contributed by atoms with van der Waals surface area (Å²) in [6.07, 6.45) is 4.98. The van der Waals surface area contributed by atoms with E-state index < -0.39 is 6.43 Å². The highest BCUT2D eigenvalue weighted by atomic mass is 32.1. The zero-order valence-electron chi connectivity index (χ0n) is 17.8. The number of aromatic nitrogens is 5. The Hall–Kier alpha value is -2.44. The van der Waals surface area contributed by atoms with Gasteiger partial charge >= 0.3 is 0 Å². The van der Waals surface area contributed by atoms with Gasteiger partial charge in [0, 0.05) is 38.4 Å². The Labute approximate surface area is 188 Å². The molecule has 5 rings (SSSR count). The van der Waals surface area contributed by atoms with Gasteiger partial charge in [-0.2, -0.15) is 15.1 Å². The van der Waals surface area contributed by atoms with Gasteiger partial charge in [0.15, 0.2) is 15.7 Å². The Kier molecular flexibility index (Phi) is 6.15. The maximum atomic E-state index is 13.3. The molecule has 0 amide bonds. The number of halogens is 2. The quantitative estimate of drug-likeness (QED) is 0.572. The van der Waals surface area contributed by atoms with E-state index in [0.717, 1.165) is 69.0 Å². The molecular formula is C20H26F2N8OS. The number of morpholine rings is 1. The van der Waals surface area contributed by atoms with Gasteiger partial charge in [-0.15, -0.1) is 0 Å². The minimum atomic E-state index is -2.64. The highest BCUT2D eigenvalue weighted by Crippen LogP contribution is 2.34. The van der Waals surface area contributed by atoms with Crippen LogP contribution in [0.4, 0.5) is 26.2 Å². The minimum absolute atomic E-state index is 0.216. The number of anilines is 3. The van der Waals surface area contributed by atoms with Crippen LogP contribution in [-0.4, -0.2) is 68.0 Å². The van der Waals surface area contributed by atoms with Gasteiger partial charge in [0.2, 0.25) is 5.95 Å². The van der Waals surface area contributed by atoms with Crippen molar-refractivity contribution in [2.75, 3.05) is 36.9 Å². The molecule has 1 aliphatic carbocycles. The molecule has 12 heteroatoms. The van der Waals surface area contributed by atoms with Crippen LogP contribution in [0.3, 0.4) is 0 Å². The van der Waals surface area contributed by atoms with Crippen molar-refractivity contribution in [2.24, 2.45) is 7.05 Å². The number of ether oxygens (including phenoxy) is 1. The number of hydrogen-bond donors (Lipinski definition) is 2. The van der Waals surface area contributed by atoms with Crippen molar-refractivity contribution in [3.63, 3.8) is 0 Å². The SMILES string of the molecule is Cn1cc(Nc2nc(N[C@H]3CC[C@H](N4CCOCC4)CC3)c3nc(C(F)F)sc3n2)cn1.